The zero-order valence-corrected chi connectivity index (χ0v) is 17.8. The van der Waals surface area contributed by atoms with Gasteiger partial charge in [-0.25, -0.2) is 17.2 Å². The quantitative estimate of drug-likeness (QED) is 0.668. The van der Waals surface area contributed by atoms with Crippen LogP contribution in [0.1, 0.15) is 18.4 Å². The van der Waals surface area contributed by atoms with Crippen molar-refractivity contribution in [2.75, 3.05) is 26.2 Å². The van der Waals surface area contributed by atoms with Crippen molar-refractivity contribution in [3.8, 4) is 0 Å². The highest BCUT2D eigenvalue weighted by molar-refractivity contribution is 9.10. The van der Waals surface area contributed by atoms with Gasteiger partial charge in [0.05, 0.1) is 10.3 Å². The molecule has 0 unspecified atom stereocenters. The lowest BCUT2D eigenvalue weighted by atomic mass is 9.94. The SMILES string of the molecule is O=C(N1CCN(S(=O)(=O)c2ccc(F)c(F)c2)CC1)C1(c2cccc(Br)c2)CC1. The largest absolute Gasteiger partial charge is 0.339 e. The Hall–Kier alpha value is -1.84. The van der Waals surface area contributed by atoms with Gasteiger partial charge in [-0.15, -0.1) is 0 Å². The average Bonchev–Trinajstić information content (AvgIpc) is 3.51. The molecule has 1 saturated carbocycles. The van der Waals surface area contributed by atoms with Gasteiger partial charge in [-0.3, -0.25) is 4.79 Å². The molecule has 2 aromatic carbocycles. The Morgan fingerprint density at radius 2 is 1.66 bits per heavy atom. The molecule has 0 spiro atoms. The Morgan fingerprint density at radius 3 is 2.24 bits per heavy atom. The normalized spacial score (nSPS) is 19.2. The first-order chi connectivity index (χ1) is 13.7. The van der Waals surface area contributed by atoms with Crippen LogP contribution in [-0.4, -0.2) is 49.7 Å². The summed E-state index contributed by atoms with van der Waals surface area (Å²) in [4.78, 5) is 14.6. The summed E-state index contributed by atoms with van der Waals surface area (Å²) in [7, 11) is -3.95. The maximum atomic E-state index is 13.5. The fourth-order valence-electron chi connectivity index (χ4n) is 3.76. The Morgan fingerprint density at radius 1 is 0.966 bits per heavy atom. The van der Waals surface area contributed by atoms with Crippen molar-refractivity contribution in [2.24, 2.45) is 0 Å². The molecule has 0 N–H and O–H groups in total. The van der Waals surface area contributed by atoms with Crippen LogP contribution in [0.2, 0.25) is 0 Å². The highest BCUT2D eigenvalue weighted by atomic mass is 79.9. The summed E-state index contributed by atoms with van der Waals surface area (Å²) in [6.45, 7) is 0.748. The molecular weight excluding hydrogens is 466 g/mol. The van der Waals surface area contributed by atoms with E-state index in [0.29, 0.717) is 6.07 Å². The van der Waals surface area contributed by atoms with Gasteiger partial charge in [0.25, 0.3) is 0 Å². The van der Waals surface area contributed by atoms with Crippen LogP contribution in [0.15, 0.2) is 51.8 Å². The third-order valence-corrected chi connectivity index (χ3v) is 7.98. The second-order valence-corrected chi connectivity index (χ2v) is 10.2. The monoisotopic (exact) mass is 484 g/mol. The van der Waals surface area contributed by atoms with Gasteiger partial charge in [0.2, 0.25) is 15.9 Å². The van der Waals surface area contributed by atoms with Crippen LogP contribution in [0.3, 0.4) is 0 Å². The summed E-state index contributed by atoms with van der Waals surface area (Å²) in [5, 5.41) is 0. The van der Waals surface area contributed by atoms with Crippen LogP contribution in [-0.2, 0) is 20.2 Å². The molecule has 1 heterocycles. The molecule has 0 radical (unpaired) electrons. The van der Waals surface area contributed by atoms with E-state index < -0.39 is 27.1 Å². The second-order valence-electron chi connectivity index (χ2n) is 7.36. The number of rotatable bonds is 4. The number of hydrogen-bond acceptors (Lipinski definition) is 3. The van der Waals surface area contributed by atoms with Gasteiger partial charge in [0, 0.05) is 30.7 Å². The van der Waals surface area contributed by atoms with E-state index in [1.807, 2.05) is 24.3 Å². The number of amides is 1. The van der Waals surface area contributed by atoms with E-state index in [1.165, 1.54) is 4.31 Å². The number of piperazine rings is 1. The van der Waals surface area contributed by atoms with Crippen LogP contribution >= 0.6 is 15.9 Å². The number of sulfonamides is 1. The third-order valence-electron chi connectivity index (χ3n) is 5.59. The van der Waals surface area contributed by atoms with E-state index in [2.05, 4.69) is 15.9 Å². The van der Waals surface area contributed by atoms with Crippen molar-refractivity contribution in [2.45, 2.75) is 23.2 Å². The molecule has 154 valence electrons. The van der Waals surface area contributed by atoms with Crippen molar-refractivity contribution in [1.82, 2.24) is 9.21 Å². The maximum absolute atomic E-state index is 13.5. The molecular formula is C20H19BrF2N2O3S. The molecule has 1 aliphatic heterocycles. The predicted molar refractivity (Wildman–Crippen MR) is 107 cm³/mol. The topological polar surface area (TPSA) is 57.7 Å². The van der Waals surface area contributed by atoms with Gasteiger partial charge in [0.1, 0.15) is 0 Å². The molecule has 0 atom stereocenters. The first kappa shape index (κ1) is 20.4. The standard InChI is InChI=1S/C20H19BrF2N2O3S/c21-15-3-1-2-14(12-15)20(6-7-20)19(26)24-8-10-25(11-9-24)29(27,28)16-4-5-17(22)18(23)13-16/h1-5,12-13H,6-11H2. The van der Waals surface area contributed by atoms with Gasteiger partial charge in [-0.2, -0.15) is 4.31 Å². The smallest absolute Gasteiger partial charge is 0.243 e. The first-order valence-electron chi connectivity index (χ1n) is 9.25. The van der Waals surface area contributed by atoms with E-state index in [-0.39, 0.29) is 37.0 Å². The maximum Gasteiger partial charge on any atom is 0.243 e. The number of carbonyl (C=O) groups excluding carboxylic acids is 1. The zero-order chi connectivity index (χ0) is 20.8. The summed E-state index contributed by atoms with van der Waals surface area (Å²) in [6, 6.07) is 10.3. The molecule has 29 heavy (non-hydrogen) atoms. The van der Waals surface area contributed by atoms with Gasteiger partial charge in [-0.05, 0) is 48.7 Å². The van der Waals surface area contributed by atoms with E-state index in [4.69, 9.17) is 0 Å². The molecule has 0 bridgehead atoms. The molecule has 9 heteroatoms. The summed E-state index contributed by atoms with van der Waals surface area (Å²) in [6.07, 6.45) is 1.55. The molecule has 4 rings (SSSR count). The highest BCUT2D eigenvalue weighted by Gasteiger charge is 2.53. The van der Waals surface area contributed by atoms with Crippen LogP contribution in [0, 0.1) is 11.6 Å². The van der Waals surface area contributed by atoms with Crippen LogP contribution in [0.25, 0.3) is 0 Å². The Bertz CT molecular complexity index is 1070. The third kappa shape index (κ3) is 3.71. The van der Waals surface area contributed by atoms with Gasteiger partial charge in [0.15, 0.2) is 11.6 Å². The van der Waals surface area contributed by atoms with E-state index in [0.717, 1.165) is 35.0 Å². The van der Waals surface area contributed by atoms with E-state index in [9.17, 15) is 22.0 Å². The van der Waals surface area contributed by atoms with Crippen molar-refractivity contribution in [1.29, 1.82) is 0 Å². The van der Waals surface area contributed by atoms with E-state index >= 15 is 0 Å². The number of hydrogen-bond donors (Lipinski definition) is 0. The molecule has 2 fully saturated rings. The first-order valence-corrected chi connectivity index (χ1v) is 11.5. The number of benzene rings is 2. The van der Waals surface area contributed by atoms with E-state index in [1.54, 1.807) is 4.90 Å². The molecule has 2 aromatic rings. The van der Waals surface area contributed by atoms with Crippen molar-refractivity contribution in [3.63, 3.8) is 0 Å². The Kier molecular flexibility index (Phi) is 5.25. The lowest BCUT2D eigenvalue weighted by Gasteiger charge is -2.36. The van der Waals surface area contributed by atoms with Crippen molar-refractivity contribution >= 4 is 31.9 Å². The summed E-state index contributed by atoms with van der Waals surface area (Å²) >= 11 is 3.44. The van der Waals surface area contributed by atoms with Gasteiger partial charge < -0.3 is 4.90 Å². The minimum Gasteiger partial charge on any atom is -0.339 e. The fourth-order valence-corrected chi connectivity index (χ4v) is 5.59. The minimum absolute atomic E-state index is 0.0143. The zero-order valence-electron chi connectivity index (χ0n) is 15.4. The van der Waals surface area contributed by atoms with Crippen LogP contribution in [0.4, 0.5) is 8.78 Å². The second kappa shape index (κ2) is 7.45. The summed E-state index contributed by atoms with van der Waals surface area (Å²) in [5.74, 6) is -2.29. The summed E-state index contributed by atoms with van der Waals surface area (Å²) < 4.78 is 54.2. The molecule has 1 aliphatic carbocycles. The van der Waals surface area contributed by atoms with Gasteiger partial charge >= 0.3 is 0 Å². The molecule has 1 amide bonds. The fraction of sp³-hybridized carbons (Fsp3) is 0.350. The van der Waals surface area contributed by atoms with Crippen LogP contribution < -0.4 is 0 Å². The Balaban J connectivity index is 1.47. The molecule has 5 nitrogen and oxygen atoms in total. The lowest BCUT2D eigenvalue weighted by Crippen LogP contribution is -2.52. The lowest BCUT2D eigenvalue weighted by molar-refractivity contribution is -0.135. The number of nitrogens with zero attached hydrogens (tertiary/aromatic N) is 2. The van der Waals surface area contributed by atoms with Crippen molar-refractivity contribution in [3.05, 3.63) is 64.1 Å². The van der Waals surface area contributed by atoms with Crippen molar-refractivity contribution < 1.29 is 22.0 Å². The number of halogens is 3. The molecule has 0 aromatic heterocycles. The highest BCUT2D eigenvalue weighted by Crippen LogP contribution is 2.50. The van der Waals surface area contributed by atoms with Gasteiger partial charge in [-0.1, -0.05) is 28.1 Å². The predicted octanol–water partition coefficient (Wildman–Crippen LogP) is 3.29. The number of carbonyl (C=O) groups is 1. The molecule has 1 saturated heterocycles. The minimum atomic E-state index is -3.95. The Labute approximate surface area is 176 Å². The van der Waals surface area contributed by atoms with Crippen LogP contribution in [0.5, 0.6) is 0 Å². The molecule has 2 aliphatic rings. The average molecular weight is 485 g/mol. The summed E-state index contributed by atoms with van der Waals surface area (Å²) in [5.41, 5.74) is 0.443.